The van der Waals surface area contributed by atoms with Crippen LogP contribution < -0.4 is 5.73 Å². The van der Waals surface area contributed by atoms with Crippen LogP contribution >= 0.6 is 15.4 Å². The number of ether oxygens (including phenoxy) is 5. The first-order chi connectivity index (χ1) is 28.7. The smallest absolute Gasteiger partial charge is 0.438 e. The maximum Gasteiger partial charge on any atom is 0.478 e. The summed E-state index contributed by atoms with van der Waals surface area (Å²) in [6.07, 6.45) is -11.0. The Bertz CT molecular complexity index is 2280. The zero-order valence-corrected chi connectivity index (χ0v) is 35.4. The third-order valence-corrected chi connectivity index (χ3v) is 12.5. The molecular weight excluding hydrogens is 860 g/mol. The third-order valence-electron chi connectivity index (χ3n) is 9.56. The highest BCUT2D eigenvalue weighted by Crippen LogP contribution is 2.57. The number of imidazole rings is 2. The second-order valence-electron chi connectivity index (χ2n) is 16.2. The number of anilines is 1. The van der Waals surface area contributed by atoms with Crippen LogP contribution in [0.4, 0.5) is 20.4 Å². The van der Waals surface area contributed by atoms with Gasteiger partial charge in [0.2, 0.25) is 13.6 Å². The summed E-state index contributed by atoms with van der Waals surface area (Å²) in [5.74, 6) is -1.99. The SMILES string of the molecule is CC(C)(C)C(=O)OCOP1(=O)CO[C@H]2[C@@H](F)[C@H](n3cnc4c(N)ncnc43)O[C@@H]2COP(=O)(OCOC(=O)C(C)(C)C)O[C@@H]2[C@H](F)[C@@H](CO1)O[C@H]2n1cnc2c1N=CCC2=O. The number of hydrogen-bond donors (Lipinski definition) is 1. The highest BCUT2D eigenvalue weighted by Gasteiger charge is 2.55. The number of fused-ring (bicyclic) bond motifs is 5. The van der Waals surface area contributed by atoms with Gasteiger partial charge in [-0.1, -0.05) is 0 Å². The number of nitrogens with zero attached hydrogens (tertiary/aromatic N) is 7. The number of ketones is 1. The molecule has 2 unspecified atom stereocenters. The lowest BCUT2D eigenvalue weighted by atomic mass is 9.98. The molecule has 23 nitrogen and oxygen atoms in total. The van der Waals surface area contributed by atoms with Crippen molar-refractivity contribution in [3.63, 3.8) is 0 Å². The number of carbonyl (C=O) groups is 3. The minimum atomic E-state index is -5.14. The fraction of sp³-hybridized carbons (Fsp3) is 0.647. The van der Waals surface area contributed by atoms with Crippen molar-refractivity contribution in [1.82, 2.24) is 29.1 Å². The summed E-state index contributed by atoms with van der Waals surface area (Å²) in [5.41, 5.74) is 4.03. The Morgan fingerprint density at radius 3 is 2.21 bits per heavy atom. The standard InChI is InChI=1S/C34H44F2N8O15P2/c1-33(2,3)31(46)50-14-55-60(48)16-52-24-19(58-29(21(24)36)43-13-42-23-26(37)39-11-40-28(23)43)10-54-61(49,56-15-51-32(47)34(4,5)6)59-25-20(35)18(9-53-60)57-30(25)44-12-41-22-17(45)7-8-38-27(22)44/h8,11-13,18-21,24-25,29-30H,7,9-10,14-16H2,1-6H3,(H2,37,39,40)/t18-,19-,20-,21-,24-,25-,29-,30-,60?,61?/m1/s1. The average Bonchev–Trinajstić information content (AvgIpc) is 3.96. The Labute approximate surface area is 346 Å². The van der Waals surface area contributed by atoms with Crippen molar-refractivity contribution in [3.05, 3.63) is 24.7 Å². The number of carbonyl (C=O) groups excluding carboxylic acids is 3. The van der Waals surface area contributed by atoms with Crippen LogP contribution in [0, 0.1) is 10.8 Å². The number of alkyl halides is 2. The number of nitrogens with two attached hydrogens (primary N) is 1. The van der Waals surface area contributed by atoms with Gasteiger partial charge in [-0.25, -0.2) is 42.8 Å². The maximum atomic E-state index is 16.8. The molecule has 3 fully saturated rings. The van der Waals surface area contributed by atoms with E-state index in [2.05, 4.69) is 24.9 Å². The second kappa shape index (κ2) is 17.2. The van der Waals surface area contributed by atoms with Gasteiger partial charge in [-0.2, -0.15) is 0 Å². The molecule has 7 rings (SSSR count). The van der Waals surface area contributed by atoms with Crippen molar-refractivity contribution in [1.29, 1.82) is 0 Å². The van der Waals surface area contributed by atoms with Crippen molar-refractivity contribution >= 4 is 62.2 Å². The molecule has 4 aliphatic rings. The van der Waals surface area contributed by atoms with Crippen molar-refractivity contribution in [3.8, 4) is 0 Å². The van der Waals surface area contributed by atoms with Gasteiger partial charge in [-0.3, -0.25) is 41.7 Å². The van der Waals surface area contributed by atoms with E-state index in [4.69, 9.17) is 52.0 Å². The molecular formula is C34H44F2N8O15P2. The molecule has 0 saturated carbocycles. The van der Waals surface area contributed by atoms with Crippen LogP contribution in [-0.4, -0.2) is 123 Å². The maximum absolute atomic E-state index is 16.8. The van der Waals surface area contributed by atoms with E-state index >= 15 is 8.78 Å². The average molecular weight is 905 g/mol. The van der Waals surface area contributed by atoms with E-state index in [1.165, 1.54) is 17.1 Å². The van der Waals surface area contributed by atoms with Gasteiger partial charge in [0.1, 0.15) is 42.6 Å². The fourth-order valence-corrected chi connectivity index (χ4v) is 8.67. The van der Waals surface area contributed by atoms with Crippen LogP contribution in [0.3, 0.4) is 0 Å². The van der Waals surface area contributed by atoms with Gasteiger partial charge in [-0.05, 0) is 41.5 Å². The molecule has 3 saturated heterocycles. The van der Waals surface area contributed by atoms with Gasteiger partial charge in [0.05, 0.1) is 36.7 Å². The lowest BCUT2D eigenvalue weighted by molar-refractivity contribution is -0.162. The summed E-state index contributed by atoms with van der Waals surface area (Å²) in [6.45, 7) is 5.65. The monoisotopic (exact) mass is 904 g/mol. The van der Waals surface area contributed by atoms with Gasteiger partial charge >= 0.3 is 27.4 Å². The van der Waals surface area contributed by atoms with Gasteiger partial charge in [0, 0.05) is 12.6 Å². The van der Waals surface area contributed by atoms with E-state index in [0.29, 0.717) is 0 Å². The zero-order valence-electron chi connectivity index (χ0n) is 33.7. The molecule has 10 atom stereocenters. The predicted molar refractivity (Wildman–Crippen MR) is 201 cm³/mol. The van der Waals surface area contributed by atoms with Crippen LogP contribution in [0.2, 0.25) is 0 Å². The highest BCUT2D eigenvalue weighted by atomic mass is 31.2. The molecule has 0 aliphatic carbocycles. The Hall–Kier alpha value is -4.16. The summed E-state index contributed by atoms with van der Waals surface area (Å²) in [5, 5.41) is 0. The summed E-state index contributed by atoms with van der Waals surface area (Å²) in [4.78, 5) is 58.2. The lowest BCUT2D eigenvalue weighted by Gasteiger charge is -2.28. The Balaban J connectivity index is 1.25. The van der Waals surface area contributed by atoms with E-state index in [0.717, 1.165) is 17.2 Å². The van der Waals surface area contributed by atoms with Gasteiger partial charge < -0.3 is 33.9 Å². The summed E-state index contributed by atoms with van der Waals surface area (Å²) in [7, 11) is -9.79. The van der Waals surface area contributed by atoms with Crippen LogP contribution in [0.15, 0.2) is 24.0 Å². The van der Waals surface area contributed by atoms with Crippen LogP contribution in [0.25, 0.3) is 11.2 Å². The number of phosphoric acid groups is 1. The van der Waals surface area contributed by atoms with Crippen LogP contribution in [0.5, 0.6) is 0 Å². The first-order valence-corrected chi connectivity index (χ1v) is 21.9. The number of halogens is 2. The van der Waals surface area contributed by atoms with Crippen molar-refractivity contribution in [2.24, 2.45) is 15.8 Å². The number of nitrogen functional groups attached to an aromatic ring is 1. The number of esters is 2. The third kappa shape index (κ3) is 9.46. The second-order valence-corrected chi connectivity index (χ2v) is 19.8. The molecule has 2 bridgehead atoms. The molecule has 3 aromatic heterocycles. The predicted octanol–water partition coefficient (Wildman–Crippen LogP) is 4.27. The molecule has 3 aromatic rings. The Morgan fingerprint density at radius 1 is 0.852 bits per heavy atom. The molecule has 0 amide bonds. The molecule has 0 radical (unpaired) electrons. The molecule has 4 aliphatic heterocycles. The Morgan fingerprint density at radius 2 is 1.51 bits per heavy atom. The molecule has 0 aromatic carbocycles. The van der Waals surface area contributed by atoms with Crippen molar-refractivity contribution < 1.29 is 78.6 Å². The van der Waals surface area contributed by atoms with E-state index in [1.807, 2.05) is 0 Å². The summed E-state index contributed by atoms with van der Waals surface area (Å²) in [6, 6.07) is 0. The first kappa shape index (κ1) is 44.9. The molecule has 0 spiro atoms. The van der Waals surface area contributed by atoms with Crippen molar-refractivity contribution in [2.75, 3.05) is 38.9 Å². The van der Waals surface area contributed by atoms with Gasteiger partial charge in [-0.15, -0.1) is 0 Å². The number of Topliss-reactive ketones (excluding diaryl/α,β-unsaturated/α-hetero) is 1. The van der Waals surface area contributed by atoms with E-state index in [9.17, 15) is 23.5 Å². The molecule has 2 N–H and O–H groups in total. The van der Waals surface area contributed by atoms with Crippen LogP contribution in [0.1, 0.15) is 70.9 Å². The minimum absolute atomic E-state index is 0.0162. The highest BCUT2D eigenvalue weighted by molar-refractivity contribution is 7.53. The number of aliphatic imine (C=N–C) groups is 1. The normalized spacial score (nSPS) is 32.3. The quantitative estimate of drug-likeness (QED) is 0.188. The topological polar surface area (TPSA) is 277 Å². The number of hydrogen-bond acceptors (Lipinski definition) is 21. The van der Waals surface area contributed by atoms with E-state index < -0.39 is 126 Å². The number of aromatic nitrogens is 6. The number of rotatable bonds is 8. The molecule has 61 heavy (non-hydrogen) atoms. The van der Waals surface area contributed by atoms with E-state index in [-0.39, 0.29) is 34.9 Å². The zero-order chi connectivity index (χ0) is 44.1. The largest absolute Gasteiger partial charge is 0.478 e. The summed E-state index contributed by atoms with van der Waals surface area (Å²) < 4.78 is 121. The Kier molecular flexibility index (Phi) is 12.6. The fourth-order valence-electron chi connectivity index (χ4n) is 6.28. The van der Waals surface area contributed by atoms with Crippen molar-refractivity contribution in [2.45, 2.75) is 97.2 Å². The molecule has 7 heterocycles. The minimum Gasteiger partial charge on any atom is -0.438 e. The molecule has 334 valence electrons. The molecule has 27 heteroatoms. The van der Waals surface area contributed by atoms with Crippen LogP contribution in [-0.2, 0) is 65.0 Å². The number of phosphoric ester groups is 1. The van der Waals surface area contributed by atoms with Gasteiger partial charge in [0.15, 0.2) is 53.6 Å². The lowest BCUT2D eigenvalue weighted by Crippen LogP contribution is -2.37. The van der Waals surface area contributed by atoms with E-state index in [1.54, 1.807) is 41.5 Å². The summed E-state index contributed by atoms with van der Waals surface area (Å²) >= 11 is 0. The first-order valence-electron chi connectivity index (χ1n) is 18.7. The van der Waals surface area contributed by atoms with Gasteiger partial charge in [0.25, 0.3) is 0 Å².